The number of esters is 1. The molecule has 0 aliphatic rings. The van der Waals surface area contributed by atoms with Gasteiger partial charge < -0.3 is 4.74 Å². The second-order valence-electron chi connectivity index (χ2n) is 7.07. The number of thiophene rings is 1. The molecule has 0 saturated carbocycles. The number of benzene rings is 2. The summed E-state index contributed by atoms with van der Waals surface area (Å²) in [5, 5.41) is 6.13. The summed E-state index contributed by atoms with van der Waals surface area (Å²) < 4.78 is 46.3. The van der Waals surface area contributed by atoms with Gasteiger partial charge in [-0.1, -0.05) is 47.5 Å². The maximum absolute atomic E-state index is 13.5. The van der Waals surface area contributed by atoms with E-state index in [-0.39, 0.29) is 28.8 Å². The lowest BCUT2D eigenvalue weighted by atomic mass is 10.0. The fourth-order valence-electron chi connectivity index (χ4n) is 3.25. The van der Waals surface area contributed by atoms with Gasteiger partial charge in [0, 0.05) is 5.02 Å². The van der Waals surface area contributed by atoms with Crippen molar-refractivity contribution in [1.82, 2.24) is 9.78 Å². The topological polar surface area (TPSA) is 44.1 Å². The molecule has 0 fully saturated rings. The standard InChI is InChI=1S/C23H15Cl2F3N2O2S/c1-32-22(31)8-13-3-2-4-14(7-13)15-9-20(33-12-15)19-11-21(23(26,27)28)29-30(19)18-10-16(24)5-6-17(18)25/h2-7,9-12H,8H2,1H3. The zero-order valence-electron chi connectivity index (χ0n) is 17.0. The molecule has 4 aromatic rings. The van der Waals surface area contributed by atoms with Crippen LogP contribution in [0.5, 0.6) is 0 Å². The van der Waals surface area contributed by atoms with E-state index in [1.165, 1.54) is 30.6 Å². The summed E-state index contributed by atoms with van der Waals surface area (Å²) in [5.41, 5.74) is 1.81. The molecule has 0 spiro atoms. The number of aromatic nitrogens is 2. The second-order valence-corrected chi connectivity index (χ2v) is 8.83. The number of nitrogens with zero attached hydrogens (tertiary/aromatic N) is 2. The van der Waals surface area contributed by atoms with E-state index < -0.39 is 11.9 Å². The maximum atomic E-state index is 13.5. The zero-order valence-corrected chi connectivity index (χ0v) is 19.3. The number of alkyl halides is 3. The first kappa shape index (κ1) is 23.4. The number of halogens is 5. The number of carbonyl (C=O) groups excluding carboxylic acids is 1. The van der Waals surface area contributed by atoms with Crippen molar-refractivity contribution in [2.24, 2.45) is 0 Å². The summed E-state index contributed by atoms with van der Waals surface area (Å²) in [4.78, 5) is 12.1. The van der Waals surface area contributed by atoms with Crippen molar-refractivity contribution >= 4 is 40.5 Å². The minimum Gasteiger partial charge on any atom is -0.469 e. The highest BCUT2D eigenvalue weighted by Crippen LogP contribution is 2.39. The average Bonchev–Trinajstić information content (AvgIpc) is 3.42. The Bertz CT molecular complexity index is 1330. The van der Waals surface area contributed by atoms with Gasteiger partial charge in [0.05, 0.1) is 34.8 Å². The number of hydrogen-bond acceptors (Lipinski definition) is 4. The average molecular weight is 511 g/mol. The molecular formula is C23H15Cl2F3N2O2S. The van der Waals surface area contributed by atoms with Gasteiger partial charge in [0.2, 0.25) is 0 Å². The molecule has 0 radical (unpaired) electrons. The Morgan fingerprint density at radius 2 is 1.88 bits per heavy atom. The van der Waals surface area contributed by atoms with Gasteiger partial charge in [0.15, 0.2) is 5.69 Å². The van der Waals surface area contributed by atoms with Crippen molar-refractivity contribution in [3.63, 3.8) is 0 Å². The predicted molar refractivity (Wildman–Crippen MR) is 123 cm³/mol. The van der Waals surface area contributed by atoms with Gasteiger partial charge in [-0.05, 0) is 52.4 Å². The van der Waals surface area contributed by atoms with Gasteiger partial charge in [-0.15, -0.1) is 11.3 Å². The van der Waals surface area contributed by atoms with Crippen molar-refractivity contribution < 1.29 is 22.7 Å². The van der Waals surface area contributed by atoms with Crippen LogP contribution in [0.1, 0.15) is 11.3 Å². The molecule has 2 aromatic heterocycles. The molecule has 4 rings (SSSR count). The van der Waals surface area contributed by atoms with E-state index in [0.717, 1.165) is 27.4 Å². The van der Waals surface area contributed by atoms with Gasteiger partial charge in [-0.3, -0.25) is 4.79 Å². The number of ether oxygens (including phenoxy) is 1. The molecule has 33 heavy (non-hydrogen) atoms. The van der Waals surface area contributed by atoms with Gasteiger partial charge in [0.1, 0.15) is 0 Å². The lowest BCUT2D eigenvalue weighted by molar-refractivity contribution is -0.141. The molecule has 4 nitrogen and oxygen atoms in total. The highest BCUT2D eigenvalue weighted by Gasteiger charge is 2.35. The maximum Gasteiger partial charge on any atom is 0.435 e. The first-order valence-corrected chi connectivity index (χ1v) is 11.2. The summed E-state index contributed by atoms with van der Waals surface area (Å²) in [6.07, 6.45) is -4.51. The van der Waals surface area contributed by atoms with Crippen LogP contribution >= 0.6 is 34.5 Å². The molecule has 0 unspecified atom stereocenters. The minimum atomic E-state index is -4.63. The SMILES string of the molecule is COC(=O)Cc1cccc(-c2csc(-c3cc(C(F)(F)F)nn3-c3cc(Cl)ccc3Cl)c2)c1. The Morgan fingerprint density at radius 3 is 2.61 bits per heavy atom. The smallest absolute Gasteiger partial charge is 0.435 e. The predicted octanol–water partition coefficient (Wildman–Crippen LogP) is 7.31. The fourth-order valence-corrected chi connectivity index (χ4v) is 4.53. The van der Waals surface area contributed by atoms with Crippen LogP contribution in [0, 0.1) is 0 Å². The van der Waals surface area contributed by atoms with Crippen molar-refractivity contribution in [1.29, 1.82) is 0 Å². The van der Waals surface area contributed by atoms with Gasteiger partial charge in [0.25, 0.3) is 0 Å². The quantitative estimate of drug-likeness (QED) is 0.264. The first-order chi connectivity index (χ1) is 15.7. The molecule has 0 aliphatic carbocycles. The van der Waals surface area contributed by atoms with Crippen LogP contribution in [-0.2, 0) is 22.1 Å². The van der Waals surface area contributed by atoms with Crippen LogP contribution < -0.4 is 0 Å². The van der Waals surface area contributed by atoms with Crippen LogP contribution in [0.25, 0.3) is 27.4 Å². The van der Waals surface area contributed by atoms with Crippen LogP contribution in [-0.4, -0.2) is 22.9 Å². The Kier molecular flexibility index (Phi) is 6.52. The summed E-state index contributed by atoms with van der Waals surface area (Å²) in [7, 11) is 1.32. The highest BCUT2D eigenvalue weighted by molar-refractivity contribution is 7.14. The van der Waals surface area contributed by atoms with Crippen molar-refractivity contribution in [2.45, 2.75) is 12.6 Å². The minimum absolute atomic E-state index is 0.121. The van der Waals surface area contributed by atoms with Gasteiger partial charge in [-0.25, -0.2) is 4.68 Å². The third-order valence-corrected chi connectivity index (χ3v) is 6.33. The highest BCUT2D eigenvalue weighted by atomic mass is 35.5. The molecular weight excluding hydrogens is 496 g/mol. The molecule has 0 amide bonds. The molecule has 10 heteroatoms. The van der Waals surface area contributed by atoms with Crippen molar-refractivity contribution in [3.8, 4) is 27.4 Å². The van der Waals surface area contributed by atoms with E-state index in [0.29, 0.717) is 9.90 Å². The molecule has 0 saturated heterocycles. The second kappa shape index (κ2) is 9.21. The lowest BCUT2D eigenvalue weighted by Crippen LogP contribution is -2.07. The van der Waals surface area contributed by atoms with E-state index in [1.54, 1.807) is 18.2 Å². The molecule has 170 valence electrons. The first-order valence-electron chi connectivity index (χ1n) is 9.53. The summed E-state index contributed by atoms with van der Waals surface area (Å²) in [5.74, 6) is -0.361. The van der Waals surface area contributed by atoms with Crippen molar-refractivity contribution in [3.05, 3.63) is 81.3 Å². The largest absolute Gasteiger partial charge is 0.469 e. The Morgan fingerprint density at radius 1 is 1.09 bits per heavy atom. The monoisotopic (exact) mass is 510 g/mol. The number of hydrogen-bond donors (Lipinski definition) is 0. The van der Waals surface area contributed by atoms with Crippen LogP contribution in [0.4, 0.5) is 13.2 Å². The summed E-state index contributed by atoms with van der Waals surface area (Å²) in [6.45, 7) is 0. The summed E-state index contributed by atoms with van der Waals surface area (Å²) >= 11 is 13.6. The van der Waals surface area contributed by atoms with E-state index in [9.17, 15) is 18.0 Å². The number of rotatable bonds is 5. The fraction of sp³-hybridized carbons (Fsp3) is 0.130. The van der Waals surface area contributed by atoms with Gasteiger partial charge >= 0.3 is 12.1 Å². The molecule has 0 aliphatic heterocycles. The van der Waals surface area contributed by atoms with Gasteiger partial charge in [-0.2, -0.15) is 18.3 Å². The molecule has 0 N–H and O–H groups in total. The van der Waals surface area contributed by atoms with Crippen LogP contribution in [0.15, 0.2) is 60.0 Å². The Labute approximate surface area is 201 Å². The van der Waals surface area contributed by atoms with E-state index >= 15 is 0 Å². The molecule has 0 atom stereocenters. The molecule has 2 aromatic carbocycles. The van der Waals surface area contributed by atoms with E-state index in [1.807, 2.05) is 23.6 Å². The Hall–Kier alpha value is -2.81. The third-order valence-electron chi connectivity index (χ3n) is 4.82. The Balaban J connectivity index is 1.78. The number of carbonyl (C=O) groups is 1. The van der Waals surface area contributed by atoms with Crippen LogP contribution in [0.2, 0.25) is 10.0 Å². The molecule has 0 bridgehead atoms. The third kappa shape index (κ3) is 5.08. The van der Waals surface area contributed by atoms with Crippen LogP contribution in [0.3, 0.4) is 0 Å². The van der Waals surface area contributed by atoms with E-state index in [4.69, 9.17) is 27.9 Å². The van der Waals surface area contributed by atoms with Crippen molar-refractivity contribution in [2.75, 3.05) is 7.11 Å². The number of methoxy groups -OCH3 is 1. The summed E-state index contributed by atoms with van der Waals surface area (Å²) in [6, 6.07) is 14.6. The van der Waals surface area contributed by atoms with E-state index in [2.05, 4.69) is 5.10 Å². The normalized spacial score (nSPS) is 11.6. The molecule has 2 heterocycles. The lowest BCUT2D eigenvalue weighted by Gasteiger charge is -2.09. The zero-order chi connectivity index (χ0) is 23.8.